The number of amides is 1. The van der Waals surface area contributed by atoms with Gasteiger partial charge in [0.15, 0.2) is 0 Å². The zero-order valence-electron chi connectivity index (χ0n) is 10.7. The smallest absolute Gasteiger partial charge is 0.352 e. The van der Waals surface area contributed by atoms with Crippen molar-refractivity contribution in [1.82, 2.24) is 5.32 Å². The van der Waals surface area contributed by atoms with Gasteiger partial charge in [-0.2, -0.15) is 13.2 Å². The normalized spacial score (nSPS) is 11.4. The van der Waals surface area contributed by atoms with Crippen LogP contribution in [0.15, 0.2) is 40.2 Å². The molecule has 0 fully saturated rings. The summed E-state index contributed by atoms with van der Waals surface area (Å²) in [6.45, 7) is 0.377. The fourth-order valence-corrected chi connectivity index (χ4v) is 2.86. The monoisotopic (exact) mass is 377 g/mol. The topological polar surface area (TPSA) is 29.1 Å². The predicted molar refractivity (Wildman–Crippen MR) is 79.5 cm³/mol. The summed E-state index contributed by atoms with van der Waals surface area (Å²) in [4.78, 5) is 13.1. The minimum atomic E-state index is -4.47. The minimum absolute atomic E-state index is 0.0176. The zero-order chi connectivity index (χ0) is 15.5. The molecule has 0 bridgehead atoms. The molecule has 0 saturated heterocycles. The summed E-state index contributed by atoms with van der Waals surface area (Å²) >= 11 is 4.67. The summed E-state index contributed by atoms with van der Waals surface area (Å²) in [7, 11) is 0. The van der Waals surface area contributed by atoms with Crippen molar-refractivity contribution in [2.24, 2.45) is 0 Å². The van der Waals surface area contributed by atoms with E-state index >= 15 is 0 Å². The molecule has 1 aromatic heterocycles. The molecule has 1 amide bonds. The van der Waals surface area contributed by atoms with Crippen LogP contribution >= 0.6 is 27.3 Å². The number of carbonyl (C=O) groups is 1. The van der Waals surface area contributed by atoms with Crippen LogP contribution in [0.25, 0.3) is 0 Å². The highest BCUT2D eigenvalue weighted by Gasteiger charge is 2.31. The molecule has 112 valence electrons. The molecule has 7 heteroatoms. The molecule has 0 unspecified atom stereocenters. The van der Waals surface area contributed by atoms with Crippen molar-refractivity contribution in [3.05, 3.63) is 56.2 Å². The summed E-state index contributed by atoms with van der Waals surface area (Å²) in [5.74, 6) is -0.524. The Bertz CT molecular complexity index is 626. The second kappa shape index (κ2) is 6.62. The van der Waals surface area contributed by atoms with Crippen molar-refractivity contribution in [2.75, 3.05) is 6.54 Å². The molecule has 2 aromatic rings. The van der Waals surface area contributed by atoms with Crippen molar-refractivity contribution < 1.29 is 18.0 Å². The van der Waals surface area contributed by atoms with Crippen LogP contribution in [0.5, 0.6) is 0 Å². The highest BCUT2D eigenvalue weighted by atomic mass is 79.9. The molecule has 1 aromatic carbocycles. The van der Waals surface area contributed by atoms with Crippen molar-refractivity contribution in [1.29, 1.82) is 0 Å². The Morgan fingerprint density at radius 1 is 1.29 bits per heavy atom. The quantitative estimate of drug-likeness (QED) is 0.834. The molecule has 1 heterocycles. The number of hydrogen-bond acceptors (Lipinski definition) is 2. The maximum absolute atomic E-state index is 12.7. The fraction of sp³-hybridized carbons (Fsp3) is 0.214. The Kier molecular flexibility index (Phi) is 5.05. The number of hydrogen-bond donors (Lipinski definition) is 1. The molecule has 2 rings (SSSR count). The van der Waals surface area contributed by atoms with E-state index in [2.05, 4.69) is 21.2 Å². The van der Waals surface area contributed by atoms with Crippen LogP contribution in [-0.2, 0) is 12.6 Å². The van der Waals surface area contributed by atoms with Crippen LogP contribution in [0.4, 0.5) is 13.2 Å². The van der Waals surface area contributed by atoms with E-state index in [4.69, 9.17) is 0 Å². The van der Waals surface area contributed by atoms with E-state index in [0.29, 0.717) is 17.4 Å². The lowest BCUT2D eigenvalue weighted by Gasteiger charge is -2.11. The maximum atomic E-state index is 12.7. The summed E-state index contributed by atoms with van der Waals surface area (Å²) in [5, 5.41) is 4.56. The highest BCUT2D eigenvalue weighted by molar-refractivity contribution is 9.10. The number of benzene rings is 1. The van der Waals surface area contributed by atoms with E-state index in [0.717, 1.165) is 17.0 Å². The van der Waals surface area contributed by atoms with Crippen LogP contribution in [0.1, 0.15) is 20.8 Å². The third-order valence-corrected chi connectivity index (χ3v) is 4.40. The number of halogens is 4. The van der Waals surface area contributed by atoms with Gasteiger partial charge in [-0.25, -0.2) is 0 Å². The molecule has 0 atom stereocenters. The van der Waals surface area contributed by atoms with Gasteiger partial charge < -0.3 is 5.32 Å². The predicted octanol–water partition coefficient (Wildman–Crippen LogP) is 4.50. The zero-order valence-corrected chi connectivity index (χ0v) is 13.1. The molecule has 0 aliphatic heterocycles. The third-order valence-electron chi connectivity index (χ3n) is 2.78. The van der Waals surface area contributed by atoms with Crippen LogP contribution in [0, 0.1) is 0 Å². The molecule has 0 aliphatic rings. The second-order valence-corrected chi connectivity index (χ2v) is 6.16. The van der Waals surface area contributed by atoms with Crippen LogP contribution in [0.3, 0.4) is 0 Å². The van der Waals surface area contributed by atoms with Crippen molar-refractivity contribution >= 4 is 33.2 Å². The number of rotatable bonds is 4. The first-order valence-corrected chi connectivity index (χ1v) is 7.72. The van der Waals surface area contributed by atoms with Crippen molar-refractivity contribution in [2.45, 2.75) is 12.6 Å². The van der Waals surface area contributed by atoms with Crippen molar-refractivity contribution in [3.8, 4) is 0 Å². The largest absolute Gasteiger partial charge is 0.416 e. The molecule has 0 aliphatic carbocycles. The lowest BCUT2D eigenvalue weighted by Crippen LogP contribution is -2.26. The lowest BCUT2D eigenvalue weighted by atomic mass is 10.1. The van der Waals surface area contributed by atoms with E-state index < -0.39 is 17.6 Å². The molecular weight excluding hydrogens is 367 g/mol. The van der Waals surface area contributed by atoms with Gasteiger partial charge in [-0.15, -0.1) is 11.3 Å². The van der Waals surface area contributed by atoms with Gasteiger partial charge in [-0.1, -0.05) is 6.07 Å². The van der Waals surface area contributed by atoms with Gasteiger partial charge in [0.1, 0.15) is 0 Å². The van der Waals surface area contributed by atoms with E-state index in [1.54, 1.807) is 11.3 Å². The molecule has 2 nitrogen and oxygen atoms in total. The van der Waals surface area contributed by atoms with Gasteiger partial charge >= 0.3 is 6.18 Å². The van der Waals surface area contributed by atoms with Gasteiger partial charge in [-0.3, -0.25) is 4.79 Å². The average molecular weight is 378 g/mol. The Labute approximate surface area is 132 Å². The molecular formula is C14H11BrF3NOS. The summed E-state index contributed by atoms with van der Waals surface area (Å²) < 4.78 is 38.3. The fourth-order valence-electron chi connectivity index (χ4n) is 1.72. The standard InChI is InChI=1S/C14H11BrF3NOS/c15-12-4-3-9(14(16,17)18)8-11(12)13(20)19-6-5-10-2-1-7-21-10/h1-4,7-8H,5-6H2,(H,19,20). The van der Waals surface area contributed by atoms with Gasteiger partial charge in [0, 0.05) is 15.9 Å². The van der Waals surface area contributed by atoms with Crippen LogP contribution < -0.4 is 5.32 Å². The van der Waals surface area contributed by atoms with Gasteiger partial charge in [0.25, 0.3) is 5.91 Å². The number of nitrogens with one attached hydrogen (secondary N) is 1. The van der Waals surface area contributed by atoms with Crippen molar-refractivity contribution in [3.63, 3.8) is 0 Å². The Balaban J connectivity index is 2.04. The SMILES string of the molecule is O=C(NCCc1cccs1)c1cc(C(F)(F)F)ccc1Br. The summed E-state index contributed by atoms with van der Waals surface area (Å²) in [6, 6.07) is 6.87. The first-order valence-electron chi connectivity index (χ1n) is 6.05. The maximum Gasteiger partial charge on any atom is 0.416 e. The average Bonchev–Trinajstić information content (AvgIpc) is 2.91. The van der Waals surface area contributed by atoms with E-state index in [9.17, 15) is 18.0 Å². The molecule has 21 heavy (non-hydrogen) atoms. The van der Waals surface area contributed by atoms with Gasteiger partial charge in [0.05, 0.1) is 11.1 Å². The Morgan fingerprint density at radius 3 is 2.67 bits per heavy atom. The van der Waals surface area contributed by atoms with E-state index in [1.165, 1.54) is 6.07 Å². The number of carbonyl (C=O) groups excluding carboxylic acids is 1. The van der Waals surface area contributed by atoms with E-state index in [-0.39, 0.29) is 5.56 Å². The first-order chi connectivity index (χ1) is 9.88. The van der Waals surface area contributed by atoms with Crippen LogP contribution in [-0.4, -0.2) is 12.5 Å². The number of thiophene rings is 1. The van der Waals surface area contributed by atoms with Gasteiger partial charge in [0.2, 0.25) is 0 Å². The number of alkyl halides is 3. The molecule has 0 saturated carbocycles. The second-order valence-electron chi connectivity index (χ2n) is 4.28. The highest BCUT2D eigenvalue weighted by Crippen LogP contribution is 2.31. The Morgan fingerprint density at radius 2 is 2.05 bits per heavy atom. The minimum Gasteiger partial charge on any atom is -0.352 e. The molecule has 0 radical (unpaired) electrons. The lowest BCUT2D eigenvalue weighted by molar-refractivity contribution is -0.137. The summed E-state index contributed by atoms with van der Waals surface area (Å²) in [5.41, 5.74) is -0.856. The summed E-state index contributed by atoms with van der Waals surface area (Å²) in [6.07, 6.45) is -3.81. The molecule has 1 N–H and O–H groups in total. The molecule has 0 spiro atoms. The first kappa shape index (κ1) is 16.0. The van der Waals surface area contributed by atoms with E-state index in [1.807, 2.05) is 17.5 Å². The van der Waals surface area contributed by atoms with Gasteiger partial charge in [-0.05, 0) is 52.0 Å². The van der Waals surface area contributed by atoms with Crippen LogP contribution in [0.2, 0.25) is 0 Å². The third kappa shape index (κ3) is 4.31. The Hall–Kier alpha value is -1.34.